The second-order valence-corrected chi connectivity index (χ2v) is 8.64. The number of hydrogen-bond acceptors (Lipinski definition) is 4. The highest BCUT2D eigenvalue weighted by Crippen LogP contribution is 2.30. The van der Waals surface area contributed by atoms with Crippen molar-refractivity contribution in [2.45, 2.75) is 56.5 Å². The molecule has 1 aromatic rings. The Balaban J connectivity index is 1.70. The Labute approximate surface area is 125 Å². The molecule has 2 N–H and O–H groups in total. The molecule has 1 aromatic heterocycles. The van der Waals surface area contributed by atoms with Crippen LogP contribution in [0.4, 0.5) is 0 Å². The van der Waals surface area contributed by atoms with E-state index in [0.29, 0.717) is 29.9 Å². The van der Waals surface area contributed by atoms with Gasteiger partial charge in [0.25, 0.3) is 0 Å². The van der Waals surface area contributed by atoms with Crippen LogP contribution in [0.2, 0.25) is 0 Å². The van der Waals surface area contributed by atoms with Crippen molar-refractivity contribution in [2.75, 3.05) is 6.54 Å². The Morgan fingerprint density at radius 1 is 1.30 bits per heavy atom. The maximum Gasteiger partial charge on any atom is 0.241 e. The van der Waals surface area contributed by atoms with E-state index in [1.54, 1.807) is 11.3 Å². The third-order valence-corrected chi connectivity index (χ3v) is 7.06. The van der Waals surface area contributed by atoms with E-state index in [-0.39, 0.29) is 0 Å². The summed E-state index contributed by atoms with van der Waals surface area (Å²) < 4.78 is 27.8. The lowest BCUT2D eigenvalue weighted by Gasteiger charge is -2.25. The summed E-state index contributed by atoms with van der Waals surface area (Å²) in [6.45, 7) is 3.14. The van der Waals surface area contributed by atoms with Gasteiger partial charge in [-0.3, -0.25) is 0 Å². The van der Waals surface area contributed by atoms with Crippen LogP contribution in [0.25, 0.3) is 0 Å². The molecule has 0 bridgehead atoms. The van der Waals surface area contributed by atoms with Crippen molar-refractivity contribution in [3.05, 3.63) is 15.8 Å². The lowest BCUT2D eigenvalue weighted by Crippen LogP contribution is -2.33. The van der Waals surface area contributed by atoms with Crippen LogP contribution in [0.5, 0.6) is 0 Å². The van der Waals surface area contributed by atoms with Crippen LogP contribution in [0.3, 0.4) is 0 Å². The molecule has 2 aliphatic rings. The molecule has 3 rings (SSSR count). The largest absolute Gasteiger partial charge is 0.309 e. The predicted molar refractivity (Wildman–Crippen MR) is 81.4 cm³/mol. The van der Waals surface area contributed by atoms with Crippen molar-refractivity contribution in [3.8, 4) is 0 Å². The molecule has 0 saturated heterocycles. The Morgan fingerprint density at radius 3 is 2.65 bits per heavy atom. The molecular weight excluding hydrogens is 292 g/mol. The molecule has 2 saturated carbocycles. The topological polar surface area (TPSA) is 58.2 Å². The molecule has 0 spiro atoms. The van der Waals surface area contributed by atoms with Crippen LogP contribution in [0, 0.1) is 12.8 Å². The van der Waals surface area contributed by atoms with Gasteiger partial charge in [0, 0.05) is 24.0 Å². The van der Waals surface area contributed by atoms with Crippen LogP contribution >= 0.6 is 11.3 Å². The maximum absolute atomic E-state index is 12.5. The van der Waals surface area contributed by atoms with Gasteiger partial charge in [-0.2, -0.15) is 0 Å². The molecule has 4 nitrogen and oxygen atoms in total. The zero-order valence-electron chi connectivity index (χ0n) is 11.8. The molecule has 112 valence electrons. The highest BCUT2D eigenvalue weighted by molar-refractivity contribution is 7.89. The Kier molecular flexibility index (Phi) is 4.17. The average Bonchev–Trinajstić information content (AvgIpc) is 3.07. The minimum atomic E-state index is -3.36. The molecule has 0 aromatic carbocycles. The van der Waals surface area contributed by atoms with E-state index in [0.717, 1.165) is 23.3 Å². The molecule has 0 atom stereocenters. The summed E-state index contributed by atoms with van der Waals surface area (Å²) >= 11 is 1.55. The third kappa shape index (κ3) is 3.24. The van der Waals surface area contributed by atoms with E-state index in [1.165, 1.54) is 19.3 Å². The van der Waals surface area contributed by atoms with Crippen molar-refractivity contribution < 1.29 is 8.42 Å². The molecule has 2 aliphatic carbocycles. The fraction of sp³-hybridized carbons (Fsp3) is 0.714. The molecule has 2 fully saturated rings. The number of thiophene rings is 1. The molecule has 0 amide bonds. The predicted octanol–water partition coefficient (Wildman–Crippen LogP) is 2.39. The highest BCUT2D eigenvalue weighted by atomic mass is 32.2. The van der Waals surface area contributed by atoms with Gasteiger partial charge in [0.1, 0.15) is 4.90 Å². The minimum absolute atomic E-state index is 0.509. The number of sulfonamides is 1. The average molecular weight is 314 g/mol. The summed E-state index contributed by atoms with van der Waals surface area (Å²) in [6, 6.07) is 0.593. The molecule has 6 heteroatoms. The fourth-order valence-corrected chi connectivity index (χ4v) is 5.37. The monoisotopic (exact) mass is 314 g/mol. The highest BCUT2D eigenvalue weighted by Gasteiger charge is 2.27. The van der Waals surface area contributed by atoms with Crippen LogP contribution in [-0.4, -0.2) is 21.0 Å². The van der Waals surface area contributed by atoms with Crippen molar-refractivity contribution in [1.29, 1.82) is 0 Å². The van der Waals surface area contributed by atoms with Gasteiger partial charge in [-0.25, -0.2) is 13.1 Å². The summed E-state index contributed by atoms with van der Waals surface area (Å²) in [5, 5.41) is 5.35. The number of hydrogen-bond donors (Lipinski definition) is 2. The first kappa shape index (κ1) is 14.5. The van der Waals surface area contributed by atoms with Crippen LogP contribution in [0.1, 0.15) is 42.5 Å². The number of aryl methyl sites for hydroxylation is 1. The van der Waals surface area contributed by atoms with Crippen LogP contribution < -0.4 is 10.0 Å². The minimum Gasteiger partial charge on any atom is -0.309 e. The summed E-state index contributed by atoms with van der Waals surface area (Å²) in [5.74, 6) is 0.539. The number of nitrogens with one attached hydrogen (secondary N) is 2. The third-order valence-electron chi connectivity index (χ3n) is 4.17. The second-order valence-electron chi connectivity index (χ2n) is 5.98. The Bertz CT molecular complexity index is 572. The zero-order valence-corrected chi connectivity index (χ0v) is 13.4. The quantitative estimate of drug-likeness (QED) is 0.812. The molecule has 0 unspecified atom stereocenters. The maximum atomic E-state index is 12.5. The van der Waals surface area contributed by atoms with E-state index in [4.69, 9.17) is 0 Å². The van der Waals surface area contributed by atoms with Gasteiger partial charge in [0.2, 0.25) is 10.0 Å². The lowest BCUT2D eigenvalue weighted by atomic mass is 9.86. The fourth-order valence-electron chi connectivity index (χ4n) is 2.49. The van der Waals surface area contributed by atoms with Crippen molar-refractivity contribution in [2.24, 2.45) is 5.92 Å². The second kappa shape index (κ2) is 5.75. The summed E-state index contributed by atoms with van der Waals surface area (Å²) in [5.41, 5.74) is 0.865. The first-order chi connectivity index (χ1) is 9.56. The van der Waals surface area contributed by atoms with Crippen LogP contribution in [0.15, 0.2) is 10.3 Å². The Morgan fingerprint density at radius 2 is 2.05 bits per heavy atom. The Hall–Kier alpha value is -0.430. The SMILES string of the molecule is Cc1csc(CNC2CC2)c1S(=O)(=O)NCC1CCC1. The molecular formula is C14H22N2O2S2. The standard InChI is InChI=1S/C14H22N2O2S2/c1-10-9-19-13(8-15-12-5-6-12)14(10)20(17,18)16-7-11-3-2-4-11/h9,11-12,15-16H,2-8H2,1H3. The van der Waals surface area contributed by atoms with Gasteiger partial charge < -0.3 is 5.32 Å². The van der Waals surface area contributed by atoms with E-state index in [9.17, 15) is 8.42 Å². The first-order valence-corrected chi connectivity index (χ1v) is 9.72. The van der Waals surface area contributed by atoms with Gasteiger partial charge in [0.15, 0.2) is 0 Å². The van der Waals surface area contributed by atoms with Crippen molar-refractivity contribution in [3.63, 3.8) is 0 Å². The summed E-state index contributed by atoms with van der Waals surface area (Å²) in [7, 11) is -3.36. The zero-order chi connectivity index (χ0) is 14.2. The van der Waals surface area contributed by atoms with Gasteiger partial charge in [-0.1, -0.05) is 6.42 Å². The summed E-state index contributed by atoms with van der Waals surface area (Å²) in [6.07, 6.45) is 5.97. The van der Waals surface area contributed by atoms with Gasteiger partial charge in [-0.05, 0) is 49.5 Å². The van der Waals surface area contributed by atoms with E-state index >= 15 is 0 Å². The molecule has 1 heterocycles. The van der Waals surface area contributed by atoms with Gasteiger partial charge in [-0.15, -0.1) is 11.3 Å². The van der Waals surface area contributed by atoms with Crippen molar-refractivity contribution >= 4 is 21.4 Å². The van der Waals surface area contributed by atoms with E-state index in [2.05, 4.69) is 10.0 Å². The van der Waals surface area contributed by atoms with Crippen molar-refractivity contribution in [1.82, 2.24) is 10.0 Å². The first-order valence-electron chi connectivity index (χ1n) is 7.36. The van der Waals surface area contributed by atoms with Crippen LogP contribution in [-0.2, 0) is 16.6 Å². The molecule has 20 heavy (non-hydrogen) atoms. The smallest absolute Gasteiger partial charge is 0.241 e. The van der Waals surface area contributed by atoms with E-state index in [1.807, 2.05) is 12.3 Å². The summed E-state index contributed by atoms with van der Waals surface area (Å²) in [4.78, 5) is 1.45. The number of rotatable bonds is 7. The molecule has 0 aliphatic heterocycles. The van der Waals surface area contributed by atoms with Gasteiger partial charge >= 0.3 is 0 Å². The normalized spacial score (nSPS) is 20.1. The van der Waals surface area contributed by atoms with E-state index < -0.39 is 10.0 Å². The van der Waals surface area contributed by atoms with Gasteiger partial charge in [0.05, 0.1) is 0 Å². The molecule has 0 radical (unpaired) electrons. The lowest BCUT2D eigenvalue weighted by molar-refractivity contribution is 0.316.